The smallest absolute Gasteiger partial charge is 0.410 e. The Morgan fingerprint density at radius 1 is 0.699 bits per heavy atom. The van der Waals surface area contributed by atoms with Crippen molar-refractivity contribution < 1.29 is 81.4 Å². The number of hydrogen-bond acceptors (Lipinski definition) is 19. The van der Waals surface area contributed by atoms with Crippen LogP contribution in [0.1, 0.15) is 150 Å². The molecule has 1 fully saturated rings. The summed E-state index contributed by atoms with van der Waals surface area (Å²) in [6, 6.07) is 8.78. The van der Waals surface area contributed by atoms with Gasteiger partial charge in [-0.1, -0.05) is 123 Å². The van der Waals surface area contributed by atoms with Crippen LogP contribution in [0.2, 0.25) is 0 Å². The fourth-order valence-corrected chi connectivity index (χ4v) is 12.4. The maximum atomic E-state index is 14.8. The van der Waals surface area contributed by atoms with Crippen molar-refractivity contribution in [2.24, 2.45) is 35.3 Å². The number of urea groups is 1. The van der Waals surface area contributed by atoms with Crippen molar-refractivity contribution >= 4 is 59.2 Å². The number of carbonyl (C=O) groups excluding carboxylic acids is 9. The highest BCUT2D eigenvalue weighted by Gasteiger charge is 2.44. The lowest BCUT2D eigenvalue weighted by molar-refractivity contribution is -0.148. The maximum absolute atomic E-state index is 14.8. The fraction of sp³-hybridized carbons (Fsp3) is 0.685. The molecule has 0 spiro atoms. The Balaban J connectivity index is 1.30. The van der Waals surface area contributed by atoms with Crippen LogP contribution in [0.5, 0.6) is 0 Å². The number of ether oxygens (including phenoxy) is 7. The number of hydrogen-bond donors (Lipinski definition) is 8. The molecule has 3 aromatic rings. The largest absolute Gasteiger partial charge is 0.445 e. The summed E-state index contributed by atoms with van der Waals surface area (Å²) in [4.78, 5) is 128. The zero-order chi connectivity index (χ0) is 76.3. The monoisotopic (exact) mass is 1450 g/mol. The Morgan fingerprint density at radius 2 is 1.33 bits per heavy atom. The third-order valence-corrected chi connectivity index (χ3v) is 18.4. The molecule has 2 aromatic carbocycles. The Labute approximate surface area is 608 Å². The van der Waals surface area contributed by atoms with Crippen LogP contribution in [0.15, 0.2) is 60.8 Å². The number of anilines is 1. The maximum Gasteiger partial charge on any atom is 0.410 e. The van der Waals surface area contributed by atoms with E-state index in [1.54, 1.807) is 113 Å². The van der Waals surface area contributed by atoms with Crippen molar-refractivity contribution in [2.75, 3.05) is 93.0 Å². The highest BCUT2D eigenvalue weighted by atomic mass is 16.6. The first-order valence-corrected chi connectivity index (χ1v) is 36.2. The molecule has 9 N–H and O–H groups in total. The first kappa shape index (κ1) is 87.5. The van der Waals surface area contributed by atoms with Gasteiger partial charge in [0.25, 0.3) is 0 Å². The normalized spacial score (nSPS) is 16.3. The number of likely N-dealkylation sites (tertiary alicyclic amines) is 1. The number of amides is 10. The average Bonchev–Trinajstić information content (AvgIpc) is 1.79. The van der Waals surface area contributed by atoms with Crippen LogP contribution in [0.3, 0.4) is 0 Å². The third kappa shape index (κ3) is 28.9. The number of nitrogens with two attached hydrogens (primary N) is 1. The summed E-state index contributed by atoms with van der Waals surface area (Å²) in [5, 5.41) is 35.8. The fourth-order valence-electron chi connectivity index (χ4n) is 12.4. The quantitative estimate of drug-likeness (QED) is 0.0335. The van der Waals surface area contributed by atoms with Crippen molar-refractivity contribution in [1.29, 1.82) is 0 Å². The lowest BCUT2D eigenvalue weighted by atomic mass is 9.89. The van der Waals surface area contributed by atoms with Gasteiger partial charge in [0.2, 0.25) is 41.4 Å². The van der Waals surface area contributed by atoms with Gasteiger partial charge in [-0.2, -0.15) is 0 Å². The van der Waals surface area contributed by atoms with Gasteiger partial charge in [0, 0.05) is 60.1 Å². The molecular weight excluding hydrogens is 1330 g/mol. The van der Waals surface area contributed by atoms with Crippen LogP contribution >= 0.6 is 0 Å². The molecule has 1 saturated heterocycles. The second-order valence-corrected chi connectivity index (χ2v) is 27.4. The lowest BCUT2D eigenvalue weighted by Gasteiger charge is -2.41. The number of carbonyl (C=O) groups is 9. The Morgan fingerprint density at radius 3 is 1.91 bits per heavy atom. The molecule has 1 aliphatic rings. The molecule has 0 bridgehead atoms. The number of aliphatic hydroxyl groups is 1. The average molecular weight is 1450 g/mol. The van der Waals surface area contributed by atoms with Crippen molar-refractivity contribution in [3.8, 4) is 0 Å². The van der Waals surface area contributed by atoms with E-state index in [4.69, 9.17) is 38.9 Å². The number of nitrogens with one attached hydrogen (secondary N) is 6. The van der Waals surface area contributed by atoms with Crippen LogP contribution in [0, 0.1) is 29.6 Å². The molecule has 30 heteroatoms. The molecule has 0 radical (unpaired) electrons. The molecule has 12 atom stereocenters. The van der Waals surface area contributed by atoms with E-state index in [2.05, 4.69) is 49.1 Å². The van der Waals surface area contributed by atoms with Crippen LogP contribution in [0.4, 0.5) is 15.3 Å². The van der Waals surface area contributed by atoms with E-state index in [-0.39, 0.29) is 82.3 Å². The first-order chi connectivity index (χ1) is 49.1. The van der Waals surface area contributed by atoms with Crippen molar-refractivity contribution in [2.45, 2.75) is 208 Å². The highest BCUT2D eigenvalue weighted by molar-refractivity contribution is 5.98. The van der Waals surface area contributed by atoms with Crippen LogP contribution in [-0.2, 0) is 86.5 Å². The molecule has 2 heterocycles. The molecule has 30 nitrogen and oxygen atoms in total. The zero-order valence-corrected chi connectivity index (χ0v) is 63.3. The highest BCUT2D eigenvalue weighted by Crippen LogP contribution is 2.31. The minimum absolute atomic E-state index is 0.0412. The number of primary amides is 1. The van der Waals surface area contributed by atoms with Gasteiger partial charge in [0.05, 0.1) is 108 Å². The molecule has 1 aromatic heterocycles. The van der Waals surface area contributed by atoms with Gasteiger partial charge in [0.1, 0.15) is 36.5 Å². The molecule has 103 heavy (non-hydrogen) atoms. The van der Waals surface area contributed by atoms with Gasteiger partial charge in [-0.05, 0) is 86.0 Å². The number of nitrogens with zero attached hydrogens (tertiary/aromatic N) is 6. The Bertz CT molecular complexity index is 3070. The van der Waals surface area contributed by atoms with E-state index in [0.29, 0.717) is 75.7 Å². The van der Waals surface area contributed by atoms with E-state index >= 15 is 0 Å². The number of benzene rings is 2. The number of aromatic nitrogens is 3. The third-order valence-electron chi connectivity index (χ3n) is 18.4. The van der Waals surface area contributed by atoms with Gasteiger partial charge in [-0.3, -0.25) is 43.1 Å². The van der Waals surface area contributed by atoms with Crippen molar-refractivity contribution in [1.82, 2.24) is 56.3 Å². The summed E-state index contributed by atoms with van der Waals surface area (Å²) in [5.41, 5.74) is 7.57. The molecule has 1 aliphatic heterocycles. The lowest BCUT2D eigenvalue weighted by Crippen LogP contribution is -2.60. The van der Waals surface area contributed by atoms with Crippen molar-refractivity contribution in [3.05, 3.63) is 77.6 Å². The Kier molecular flexibility index (Phi) is 39.1. The van der Waals surface area contributed by atoms with Crippen LogP contribution < -0.4 is 37.6 Å². The standard InChI is InChI=1S/C73H119N13O17/c1-16-33-85-43-55(81-82-85)45-102-41-40-101-39-38-100-37-36-99-35-31-59(87)79-61(46(3)4)69(92)78-56(25-21-32-75-72(74)95)68(91)77-54-29-27-52(28-30-54)44-103-73(96)84(13)63(48(7)8)70(93)80-62(47(5)6)71(94)83(12)64(49(9)17-2)58(97-14)42-60(88)86-34-22-26-57(86)66(98-15)50(10)67(90)76-51(11)65(89)53-23-19-18-20-24-53/h18-20,23-24,27-30,43,46-51,56-58,61-66,89H,16-17,21-22,25-26,31-42,44-45H2,1-15H3,(H,76,90)(H,77,91)(H,78,92)(H,79,87)(H,80,93)(H3,74,75,95)/t49-,50+,51+,56-,57-,58+,61?,62-,63?,64?,65+,66+/m0/s1. The SMILES string of the molecule is CCCn1cc(COCCOCCOCCOCCC(=O)NC(C(=O)N[C@@H](CCCNC(N)=O)C(=O)Nc2ccc(COC(=O)N(C)C(C(=O)N[C@H](C(=O)N(C)C([C@@H](C)CC)[C@@H](CC(=O)N3CCC[C@H]3[C@H](OC)[C@@H](C)C(=O)N[C@H](C)[C@@H](O)c3ccccc3)OC)C(C)C)C(C)C)cc2)C(C)C)nn1. The minimum Gasteiger partial charge on any atom is -0.445 e. The number of likely N-dealkylation sites (N-methyl/N-ethyl adjacent to an activating group) is 2. The molecule has 3 unspecified atom stereocenters. The van der Waals surface area contributed by atoms with Gasteiger partial charge < -0.3 is 85.7 Å². The minimum atomic E-state index is -1.11. The van der Waals surface area contributed by atoms with E-state index in [1.807, 2.05) is 38.2 Å². The first-order valence-electron chi connectivity index (χ1n) is 36.2. The van der Waals surface area contributed by atoms with Crippen LogP contribution in [-0.4, -0.2) is 230 Å². The van der Waals surface area contributed by atoms with E-state index in [0.717, 1.165) is 18.7 Å². The summed E-state index contributed by atoms with van der Waals surface area (Å²) >= 11 is 0. The number of rotatable bonds is 48. The second-order valence-electron chi connectivity index (χ2n) is 27.4. The van der Waals surface area contributed by atoms with Gasteiger partial charge >= 0.3 is 12.1 Å². The summed E-state index contributed by atoms with van der Waals surface area (Å²) in [6.07, 6.45) is 1.72. The van der Waals surface area contributed by atoms with Gasteiger partial charge in [-0.15, -0.1) is 5.10 Å². The zero-order valence-electron chi connectivity index (χ0n) is 63.3. The molecular formula is C73H119N13O17. The van der Waals surface area contributed by atoms with Gasteiger partial charge in [-0.25, -0.2) is 9.59 Å². The summed E-state index contributed by atoms with van der Waals surface area (Å²) < 4.78 is 41.8. The molecule has 0 aliphatic carbocycles. The molecule has 578 valence electrons. The van der Waals surface area contributed by atoms with E-state index in [1.165, 1.54) is 26.2 Å². The second kappa shape index (κ2) is 46.1. The van der Waals surface area contributed by atoms with Crippen molar-refractivity contribution in [3.63, 3.8) is 0 Å². The number of methoxy groups -OCH3 is 2. The summed E-state index contributed by atoms with van der Waals surface area (Å²) in [6.45, 7) is 23.7. The summed E-state index contributed by atoms with van der Waals surface area (Å²) in [5.74, 6) is -5.31. The topological polar surface area (TPSA) is 377 Å². The van der Waals surface area contributed by atoms with E-state index < -0.39 is 120 Å². The van der Waals surface area contributed by atoms with Crippen LogP contribution in [0.25, 0.3) is 0 Å². The molecule has 10 amide bonds. The predicted molar refractivity (Wildman–Crippen MR) is 386 cm³/mol. The number of aliphatic hydroxyl groups excluding tert-OH is 1. The van der Waals surface area contributed by atoms with E-state index in [9.17, 15) is 48.3 Å². The predicted octanol–water partition coefficient (Wildman–Crippen LogP) is 5.25. The summed E-state index contributed by atoms with van der Waals surface area (Å²) in [7, 11) is 6.09. The number of aryl methyl sites for hydroxylation is 1. The van der Waals surface area contributed by atoms with Gasteiger partial charge in [0.15, 0.2) is 0 Å². The molecule has 0 saturated carbocycles. The molecule has 4 rings (SSSR count). The Hall–Kier alpha value is -7.87.